The van der Waals surface area contributed by atoms with Crippen LogP contribution in [-0.2, 0) is 17.9 Å². The molecule has 0 aromatic heterocycles. The van der Waals surface area contributed by atoms with Gasteiger partial charge in [-0.1, -0.05) is 0 Å². The van der Waals surface area contributed by atoms with Crippen LogP contribution in [0.2, 0.25) is 0 Å². The van der Waals surface area contributed by atoms with Gasteiger partial charge in [0.2, 0.25) is 0 Å². The Balaban J connectivity index is 2.12. The molecule has 3 aromatic carbocycles. The first-order valence-corrected chi connectivity index (χ1v) is 11.7. The van der Waals surface area contributed by atoms with Crippen LogP contribution in [0, 0.1) is 42.5 Å². The zero-order valence-corrected chi connectivity index (χ0v) is 21.9. The lowest BCUT2D eigenvalue weighted by molar-refractivity contribution is -0.132. The van der Waals surface area contributed by atoms with Crippen LogP contribution >= 0.6 is 0 Å². The molecule has 0 saturated carbocycles. The molecule has 0 spiro atoms. The number of methoxy groups -OCH3 is 2. The molecule has 8 nitrogen and oxygen atoms in total. The second kappa shape index (κ2) is 12.1. The normalized spacial score (nSPS) is 11.6. The first kappa shape index (κ1) is 30.0. The van der Waals surface area contributed by atoms with Gasteiger partial charge in [0.15, 0.2) is 11.6 Å². The van der Waals surface area contributed by atoms with Gasteiger partial charge in [0.25, 0.3) is 0 Å². The zero-order chi connectivity index (χ0) is 29.9. The quantitative estimate of drug-likeness (QED) is 0.0735. The van der Waals surface area contributed by atoms with Crippen molar-refractivity contribution in [1.29, 1.82) is 5.41 Å². The highest BCUT2D eigenvalue weighted by molar-refractivity contribution is 6.29. The number of aliphatic hydroxyl groups is 2. The van der Waals surface area contributed by atoms with Gasteiger partial charge in [0.05, 0.1) is 37.8 Å². The largest absolute Gasteiger partial charge is 0.506 e. The molecule has 12 heteroatoms. The maximum absolute atomic E-state index is 14.9. The van der Waals surface area contributed by atoms with Crippen molar-refractivity contribution in [1.82, 2.24) is 0 Å². The van der Waals surface area contributed by atoms with E-state index in [0.29, 0.717) is 17.1 Å². The average molecular weight is 563 g/mol. The van der Waals surface area contributed by atoms with Gasteiger partial charge < -0.3 is 30.1 Å². The fourth-order valence-electron chi connectivity index (χ4n) is 4.06. The first-order chi connectivity index (χ1) is 18.9. The van der Waals surface area contributed by atoms with E-state index in [-0.39, 0.29) is 23.4 Å². The Hall–Kier alpha value is -4.58. The molecule has 0 aliphatic heterocycles. The molecule has 0 bridgehead atoms. The molecular weight excluding hydrogens is 536 g/mol. The molecule has 5 N–H and O–H groups in total. The van der Waals surface area contributed by atoms with E-state index in [4.69, 9.17) is 14.9 Å². The lowest BCUT2D eigenvalue weighted by Gasteiger charge is -2.17. The standard InChI is InChI=1S/C28H26F4N2O6/c1-12-21(23(30)13(2)25(32)24(12)31)27(36)22(28(37)38)26(33)17-9-19(18(29)7-15(17)11-35)34-10-14-5-6-16(39-3)8-20(14)40-4/h5-9,33-36H,10-11H2,1-4H3,(H,37,38). The topological polar surface area (TPSA) is 132 Å². The van der Waals surface area contributed by atoms with Crippen molar-refractivity contribution in [2.24, 2.45) is 0 Å². The molecule has 212 valence electrons. The molecule has 0 unspecified atom stereocenters. The first-order valence-electron chi connectivity index (χ1n) is 11.7. The van der Waals surface area contributed by atoms with Gasteiger partial charge in [-0.05, 0) is 43.7 Å². The highest BCUT2D eigenvalue weighted by Crippen LogP contribution is 2.33. The third kappa shape index (κ3) is 5.57. The van der Waals surface area contributed by atoms with Crippen LogP contribution in [0.25, 0.3) is 5.76 Å². The summed E-state index contributed by atoms with van der Waals surface area (Å²) in [6.07, 6.45) is 0. The summed E-state index contributed by atoms with van der Waals surface area (Å²) in [5.41, 5.74) is -4.76. The van der Waals surface area contributed by atoms with Crippen LogP contribution in [0.15, 0.2) is 35.9 Å². The summed E-state index contributed by atoms with van der Waals surface area (Å²) < 4.78 is 68.6. The monoisotopic (exact) mass is 562 g/mol. The van der Waals surface area contributed by atoms with Crippen molar-refractivity contribution in [3.63, 3.8) is 0 Å². The van der Waals surface area contributed by atoms with Crippen molar-refractivity contribution >= 4 is 23.1 Å². The van der Waals surface area contributed by atoms with E-state index in [9.17, 15) is 37.7 Å². The third-order valence-corrected chi connectivity index (χ3v) is 6.31. The van der Waals surface area contributed by atoms with E-state index >= 15 is 0 Å². The van der Waals surface area contributed by atoms with Crippen LogP contribution < -0.4 is 14.8 Å². The van der Waals surface area contributed by atoms with Crippen molar-refractivity contribution in [2.45, 2.75) is 27.0 Å². The second-order valence-corrected chi connectivity index (χ2v) is 8.65. The smallest absolute Gasteiger partial charge is 0.341 e. The summed E-state index contributed by atoms with van der Waals surface area (Å²) >= 11 is 0. The molecule has 0 saturated heterocycles. The fourth-order valence-corrected chi connectivity index (χ4v) is 4.06. The number of aliphatic carboxylic acids is 1. The Kier molecular flexibility index (Phi) is 9.05. The maximum atomic E-state index is 14.9. The summed E-state index contributed by atoms with van der Waals surface area (Å²) in [6, 6.07) is 6.82. The van der Waals surface area contributed by atoms with Crippen molar-refractivity contribution in [3.05, 3.63) is 92.6 Å². The molecule has 0 heterocycles. The number of aliphatic hydroxyl groups excluding tert-OH is 2. The predicted octanol–water partition coefficient (Wildman–Crippen LogP) is 5.40. The SMILES string of the molecule is COc1ccc(CNc2cc(C(=N)C(C(=O)O)=C(O)c3c(C)c(F)c(F)c(C)c3F)c(CO)cc2F)c(OC)c1. The van der Waals surface area contributed by atoms with Crippen LogP contribution in [0.5, 0.6) is 11.5 Å². The molecule has 40 heavy (non-hydrogen) atoms. The minimum absolute atomic E-state index is 0.0146. The minimum atomic E-state index is -1.91. The lowest BCUT2D eigenvalue weighted by Crippen LogP contribution is -2.19. The van der Waals surface area contributed by atoms with E-state index in [0.717, 1.165) is 26.0 Å². The van der Waals surface area contributed by atoms with E-state index < -0.39 is 69.6 Å². The third-order valence-electron chi connectivity index (χ3n) is 6.31. The van der Waals surface area contributed by atoms with Gasteiger partial charge in [0.1, 0.15) is 34.5 Å². The molecule has 0 aliphatic rings. The maximum Gasteiger partial charge on any atom is 0.341 e. The molecule has 0 fully saturated rings. The van der Waals surface area contributed by atoms with Gasteiger partial charge >= 0.3 is 5.97 Å². The Labute approximate surface area is 226 Å². The number of hydrogen-bond donors (Lipinski definition) is 5. The number of anilines is 1. The highest BCUT2D eigenvalue weighted by atomic mass is 19.2. The number of carboxylic acids is 1. The lowest BCUT2D eigenvalue weighted by atomic mass is 9.92. The number of carboxylic acid groups (broad SMARTS) is 1. The van der Waals surface area contributed by atoms with E-state index in [1.165, 1.54) is 14.2 Å². The van der Waals surface area contributed by atoms with Crippen molar-refractivity contribution in [3.8, 4) is 11.5 Å². The molecule has 3 aromatic rings. The Morgan fingerprint density at radius 2 is 1.57 bits per heavy atom. The summed E-state index contributed by atoms with van der Waals surface area (Å²) in [7, 11) is 2.90. The second-order valence-electron chi connectivity index (χ2n) is 8.65. The van der Waals surface area contributed by atoms with Gasteiger partial charge in [0, 0.05) is 34.9 Å². The number of hydrogen-bond acceptors (Lipinski definition) is 7. The summed E-state index contributed by atoms with van der Waals surface area (Å²) in [4.78, 5) is 12.1. The van der Waals surface area contributed by atoms with E-state index in [1.807, 2.05) is 0 Å². The van der Waals surface area contributed by atoms with Gasteiger partial charge in [-0.2, -0.15) is 0 Å². The molecule has 0 amide bonds. The number of carbonyl (C=O) groups is 1. The Morgan fingerprint density at radius 1 is 0.925 bits per heavy atom. The van der Waals surface area contributed by atoms with E-state index in [1.54, 1.807) is 18.2 Å². The van der Waals surface area contributed by atoms with Gasteiger partial charge in [-0.25, -0.2) is 22.4 Å². The number of rotatable bonds is 10. The van der Waals surface area contributed by atoms with Gasteiger partial charge in [-0.3, -0.25) is 5.41 Å². The number of ether oxygens (including phenoxy) is 2. The highest BCUT2D eigenvalue weighted by Gasteiger charge is 2.30. The fraction of sp³-hybridized carbons (Fsp3) is 0.214. The van der Waals surface area contributed by atoms with E-state index in [2.05, 4.69) is 5.32 Å². The molecule has 0 radical (unpaired) electrons. The van der Waals surface area contributed by atoms with Crippen molar-refractivity contribution < 1.29 is 47.1 Å². The number of benzene rings is 3. The molecule has 0 atom stereocenters. The number of halogens is 4. The van der Waals surface area contributed by atoms with Gasteiger partial charge in [-0.15, -0.1) is 0 Å². The summed E-state index contributed by atoms with van der Waals surface area (Å²) in [5, 5.41) is 41.7. The number of nitrogens with one attached hydrogen (secondary N) is 2. The van der Waals surface area contributed by atoms with Crippen LogP contribution in [-0.4, -0.2) is 41.2 Å². The summed E-state index contributed by atoms with van der Waals surface area (Å²) in [6.45, 7) is 1.02. The molecular formula is C28H26F4N2O6. The zero-order valence-electron chi connectivity index (χ0n) is 21.9. The van der Waals surface area contributed by atoms with Crippen LogP contribution in [0.3, 0.4) is 0 Å². The average Bonchev–Trinajstić information content (AvgIpc) is 2.93. The molecule has 0 aliphatic carbocycles. The van der Waals surface area contributed by atoms with Crippen LogP contribution in [0.1, 0.15) is 33.4 Å². The Bertz CT molecular complexity index is 1510. The Morgan fingerprint density at radius 3 is 2.15 bits per heavy atom. The summed E-state index contributed by atoms with van der Waals surface area (Å²) in [5.74, 6) is -7.60. The molecule has 3 rings (SSSR count). The minimum Gasteiger partial charge on any atom is -0.506 e. The van der Waals surface area contributed by atoms with Crippen molar-refractivity contribution in [2.75, 3.05) is 19.5 Å². The predicted molar refractivity (Wildman–Crippen MR) is 139 cm³/mol. The van der Waals surface area contributed by atoms with Crippen LogP contribution in [0.4, 0.5) is 23.2 Å².